The molecule has 0 saturated heterocycles. The van der Waals surface area contributed by atoms with Crippen LogP contribution in [-0.4, -0.2) is 17.1 Å². The molecule has 0 aromatic heterocycles. The maximum atomic E-state index is 12.1. The Labute approximate surface area is 113 Å². The van der Waals surface area contributed by atoms with Gasteiger partial charge in [-0.1, -0.05) is 36.4 Å². The largest absolute Gasteiger partial charge is 0.390 e. The molecule has 100 valence electrons. The number of carbonyl (C=O) groups excluding carboxylic acids is 1. The van der Waals surface area contributed by atoms with Crippen molar-refractivity contribution in [2.45, 2.75) is 37.8 Å². The second-order valence-corrected chi connectivity index (χ2v) is 5.49. The Bertz CT molecular complexity index is 509. The van der Waals surface area contributed by atoms with Crippen LogP contribution in [0.3, 0.4) is 0 Å². The van der Waals surface area contributed by atoms with E-state index in [1.165, 1.54) is 0 Å². The molecular weight excluding hydrogens is 238 g/mol. The highest BCUT2D eigenvalue weighted by atomic mass is 16.3. The van der Waals surface area contributed by atoms with Crippen molar-refractivity contribution in [3.63, 3.8) is 0 Å². The van der Waals surface area contributed by atoms with E-state index in [0.717, 1.165) is 24.0 Å². The summed E-state index contributed by atoms with van der Waals surface area (Å²) >= 11 is 0. The first-order valence-corrected chi connectivity index (χ1v) is 6.96. The normalized spacial score (nSPS) is 28.4. The Hall–Kier alpha value is -1.61. The maximum absolute atomic E-state index is 12.1. The molecular formula is C16H19NO2. The number of allylic oxidation sites excluding steroid dienone is 2. The highest BCUT2D eigenvalue weighted by Crippen LogP contribution is 2.31. The first kappa shape index (κ1) is 12.4. The minimum Gasteiger partial charge on any atom is -0.390 e. The summed E-state index contributed by atoms with van der Waals surface area (Å²) in [6.07, 6.45) is 7.06. The topological polar surface area (TPSA) is 49.3 Å². The molecule has 0 spiro atoms. The zero-order valence-corrected chi connectivity index (χ0v) is 10.9. The van der Waals surface area contributed by atoms with E-state index >= 15 is 0 Å². The minimum absolute atomic E-state index is 0.0392. The molecule has 3 atom stereocenters. The molecule has 3 heteroatoms. The number of aliphatic hydroxyl groups excluding tert-OH is 1. The van der Waals surface area contributed by atoms with Gasteiger partial charge in [0.25, 0.3) is 0 Å². The van der Waals surface area contributed by atoms with Gasteiger partial charge in [0, 0.05) is 12.8 Å². The van der Waals surface area contributed by atoms with Gasteiger partial charge < -0.3 is 10.4 Å². The van der Waals surface area contributed by atoms with Gasteiger partial charge in [0.15, 0.2) is 0 Å². The van der Waals surface area contributed by atoms with E-state index in [0.29, 0.717) is 18.8 Å². The highest BCUT2D eigenvalue weighted by Gasteiger charge is 2.32. The van der Waals surface area contributed by atoms with E-state index in [1.54, 1.807) is 0 Å². The molecule has 0 radical (unpaired) electrons. The monoisotopic (exact) mass is 257 g/mol. The van der Waals surface area contributed by atoms with Gasteiger partial charge in [-0.2, -0.15) is 0 Å². The van der Waals surface area contributed by atoms with Crippen LogP contribution >= 0.6 is 0 Å². The van der Waals surface area contributed by atoms with Crippen molar-refractivity contribution in [2.24, 2.45) is 5.92 Å². The van der Waals surface area contributed by atoms with Crippen molar-refractivity contribution in [1.29, 1.82) is 0 Å². The molecule has 19 heavy (non-hydrogen) atoms. The Morgan fingerprint density at radius 2 is 2.21 bits per heavy atom. The summed E-state index contributed by atoms with van der Waals surface area (Å²) in [7, 11) is 0. The molecule has 3 nitrogen and oxygen atoms in total. The maximum Gasteiger partial charge on any atom is 0.221 e. The number of nitrogens with one attached hydrogen (secondary N) is 1. The van der Waals surface area contributed by atoms with Crippen molar-refractivity contribution in [3.05, 3.63) is 47.5 Å². The van der Waals surface area contributed by atoms with Crippen molar-refractivity contribution < 1.29 is 9.90 Å². The van der Waals surface area contributed by atoms with Crippen LogP contribution in [0, 0.1) is 5.92 Å². The van der Waals surface area contributed by atoms with Crippen LogP contribution in [0.15, 0.2) is 36.4 Å². The quantitative estimate of drug-likeness (QED) is 0.815. The number of amides is 1. The van der Waals surface area contributed by atoms with Crippen LogP contribution in [0.2, 0.25) is 0 Å². The van der Waals surface area contributed by atoms with E-state index in [9.17, 15) is 9.90 Å². The summed E-state index contributed by atoms with van der Waals surface area (Å²) in [4.78, 5) is 12.1. The average molecular weight is 257 g/mol. The second-order valence-electron chi connectivity index (χ2n) is 5.49. The molecule has 0 heterocycles. The molecule has 0 bridgehead atoms. The van der Waals surface area contributed by atoms with Crippen LogP contribution in [0.5, 0.6) is 0 Å². The summed E-state index contributed by atoms with van der Waals surface area (Å²) in [6, 6.07) is 7.69. The SMILES string of the molecule is O=C(CC1C=CCC1)N[C@@H]1c2ccccc2C[C@@H]1O. The van der Waals surface area contributed by atoms with Crippen LogP contribution in [0.4, 0.5) is 0 Å². The van der Waals surface area contributed by atoms with Crippen LogP contribution < -0.4 is 5.32 Å². The van der Waals surface area contributed by atoms with Gasteiger partial charge in [0.1, 0.15) is 0 Å². The van der Waals surface area contributed by atoms with Gasteiger partial charge in [0.2, 0.25) is 5.91 Å². The number of hydrogen-bond donors (Lipinski definition) is 2. The zero-order chi connectivity index (χ0) is 13.2. The smallest absolute Gasteiger partial charge is 0.221 e. The Balaban J connectivity index is 1.66. The molecule has 2 aliphatic carbocycles. The fraction of sp³-hybridized carbons (Fsp3) is 0.438. The molecule has 1 unspecified atom stereocenters. The van der Waals surface area contributed by atoms with Crippen LogP contribution in [0.1, 0.15) is 36.4 Å². The third-order valence-electron chi connectivity index (χ3n) is 4.08. The number of rotatable bonds is 3. The number of hydrogen-bond acceptors (Lipinski definition) is 2. The van der Waals surface area contributed by atoms with E-state index in [1.807, 2.05) is 24.3 Å². The molecule has 0 fully saturated rings. The van der Waals surface area contributed by atoms with Crippen molar-refractivity contribution >= 4 is 5.91 Å². The summed E-state index contributed by atoms with van der Waals surface area (Å²) in [5.41, 5.74) is 2.20. The first-order valence-electron chi connectivity index (χ1n) is 6.96. The minimum atomic E-state index is -0.500. The Morgan fingerprint density at radius 3 is 3.00 bits per heavy atom. The standard InChI is InChI=1S/C16H19NO2/c18-14-10-12-7-3-4-8-13(12)16(14)17-15(19)9-11-5-1-2-6-11/h1,3-5,7-8,11,14,16,18H,2,6,9-10H2,(H,17,19)/t11?,14-,16+/m0/s1. The van der Waals surface area contributed by atoms with Gasteiger partial charge >= 0.3 is 0 Å². The molecule has 3 rings (SSSR count). The fourth-order valence-electron chi connectivity index (χ4n) is 3.08. The van der Waals surface area contributed by atoms with Gasteiger partial charge in [-0.15, -0.1) is 0 Å². The van der Waals surface area contributed by atoms with E-state index in [4.69, 9.17) is 0 Å². The molecule has 0 aliphatic heterocycles. The lowest BCUT2D eigenvalue weighted by molar-refractivity contribution is -0.123. The molecule has 1 aromatic rings. The molecule has 0 saturated carbocycles. The Morgan fingerprint density at radius 1 is 1.37 bits per heavy atom. The number of aliphatic hydroxyl groups is 1. The average Bonchev–Trinajstić information content (AvgIpc) is 2.99. The van der Waals surface area contributed by atoms with Gasteiger partial charge in [-0.25, -0.2) is 0 Å². The predicted octanol–water partition coefficient (Wildman–Crippen LogP) is 2.12. The van der Waals surface area contributed by atoms with Gasteiger partial charge in [-0.05, 0) is 29.9 Å². The van der Waals surface area contributed by atoms with E-state index in [2.05, 4.69) is 17.5 Å². The third kappa shape index (κ3) is 2.56. The summed E-state index contributed by atoms with van der Waals surface area (Å²) in [5.74, 6) is 0.408. The third-order valence-corrected chi connectivity index (χ3v) is 4.08. The predicted molar refractivity (Wildman–Crippen MR) is 73.5 cm³/mol. The lowest BCUT2D eigenvalue weighted by Gasteiger charge is -2.19. The second kappa shape index (κ2) is 5.17. The van der Waals surface area contributed by atoms with Crippen LogP contribution in [-0.2, 0) is 11.2 Å². The van der Waals surface area contributed by atoms with E-state index < -0.39 is 6.10 Å². The fourth-order valence-corrected chi connectivity index (χ4v) is 3.08. The van der Waals surface area contributed by atoms with Crippen LogP contribution in [0.25, 0.3) is 0 Å². The number of fused-ring (bicyclic) bond motifs is 1. The van der Waals surface area contributed by atoms with Gasteiger partial charge in [0.05, 0.1) is 12.1 Å². The van der Waals surface area contributed by atoms with Crippen molar-refractivity contribution in [2.75, 3.05) is 0 Å². The molecule has 2 aliphatic rings. The first-order chi connectivity index (χ1) is 9.24. The van der Waals surface area contributed by atoms with Crippen molar-refractivity contribution in [3.8, 4) is 0 Å². The van der Waals surface area contributed by atoms with Gasteiger partial charge in [-0.3, -0.25) is 4.79 Å². The molecule has 1 amide bonds. The summed E-state index contributed by atoms with van der Waals surface area (Å²) in [5, 5.41) is 13.1. The number of carbonyl (C=O) groups is 1. The molecule has 2 N–H and O–H groups in total. The van der Waals surface area contributed by atoms with Crippen molar-refractivity contribution in [1.82, 2.24) is 5.32 Å². The highest BCUT2D eigenvalue weighted by molar-refractivity contribution is 5.77. The lowest BCUT2D eigenvalue weighted by Crippen LogP contribution is -2.34. The molecule has 1 aromatic carbocycles. The lowest BCUT2D eigenvalue weighted by atomic mass is 10.0. The summed E-state index contributed by atoms with van der Waals surface area (Å²) in [6.45, 7) is 0. The zero-order valence-electron chi connectivity index (χ0n) is 10.9. The Kier molecular flexibility index (Phi) is 3.38. The van der Waals surface area contributed by atoms with E-state index in [-0.39, 0.29) is 11.9 Å². The summed E-state index contributed by atoms with van der Waals surface area (Å²) < 4.78 is 0. The number of benzene rings is 1.